The van der Waals surface area contributed by atoms with Crippen molar-refractivity contribution in [2.24, 2.45) is 11.8 Å². The maximum atomic E-state index is 13.6. The highest BCUT2D eigenvalue weighted by atomic mass is 35.5. The summed E-state index contributed by atoms with van der Waals surface area (Å²) in [7, 11) is -4.19. The number of hydrogen-bond donors (Lipinski definition) is 1. The Labute approximate surface area is 295 Å². The second kappa shape index (κ2) is 14.2. The summed E-state index contributed by atoms with van der Waals surface area (Å²) in [4.78, 5) is 18.0. The van der Waals surface area contributed by atoms with E-state index in [-0.39, 0.29) is 28.9 Å². The molecular formula is C37H48ClN3O7S. The summed E-state index contributed by atoms with van der Waals surface area (Å²) in [5.74, 6) is 0.504. The van der Waals surface area contributed by atoms with Gasteiger partial charge in [0.25, 0.3) is 15.9 Å². The lowest BCUT2D eigenvalue weighted by Crippen LogP contribution is -2.50. The van der Waals surface area contributed by atoms with E-state index in [0.29, 0.717) is 31.4 Å². The molecule has 1 spiro atoms. The second-order valence-corrected chi connectivity index (χ2v) is 16.8. The number of nitrogens with zero attached hydrogens (tertiary/aromatic N) is 2. The van der Waals surface area contributed by atoms with E-state index < -0.39 is 21.5 Å². The van der Waals surface area contributed by atoms with Gasteiger partial charge in [-0.1, -0.05) is 29.8 Å². The van der Waals surface area contributed by atoms with E-state index in [2.05, 4.69) is 32.7 Å². The highest BCUT2D eigenvalue weighted by Crippen LogP contribution is 2.47. The molecule has 2 aliphatic carbocycles. The minimum Gasteiger partial charge on any atom is -0.490 e. The predicted octanol–water partition coefficient (Wildman–Crippen LogP) is 4.73. The van der Waals surface area contributed by atoms with Crippen LogP contribution in [0.15, 0.2) is 53.4 Å². The molecule has 12 heteroatoms. The average molecular weight is 714 g/mol. The van der Waals surface area contributed by atoms with E-state index in [1.165, 1.54) is 17.2 Å². The van der Waals surface area contributed by atoms with Crippen molar-refractivity contribution < 1.29 is 32.2 Å². The van der Waals surface area contributed by atoms with Gasteiger partial charge in [0.15, 0.2) is 0 Å². The Morgan fingerprint density at radius 3 is 2.73 bits per heavy atom. The molecule has 2 fully saturated rings. The van der Waals surface area contributed by atoms with Crippen LogP contribution < -0.4 is 14.4 Å². The third-order valence-corrected chi connectivity index (χ3v) is 12.7. The number of hydrogen-bond acceptors (Lipinski definition) is 9. The van der Waals surface area contributed by atoms with E-state index >= 15 is 0 Å². The zero-order valence-electron chi connectivity index (χ0n) is 28.5. The van der Waals surface area contributed by atoms with Crippen molar-refractivity contribution in [1.82, 2.24) is 9.62 Å². The number of benzene rings is 2. The summed E-state index contributed by atoms with van der Waals surface area (Å²) < 4.78 is 54.2. The maximum absolute atomic E-state index is 13.6. The summed E-state index contributed by atoms with van der Waals surface area (Å²) in [6, 6.07) is 11.1. The second-order valence-electron chi connectivity index (χ2n) is 14.7. The van der Waals surface area contributed by atoms with E-state index in [4.69, 9.17) is 30.5 Å². The van der Waals surface area contributed by atoms with Gasteiger partial charge in [-0.15, -0.1) is 0 Å². The summed E-state index contributed by atoms with van der Waals surface area (Å²) in [5.41, 5.74) is 1.55. The average Bonchev–Trinajstić information content (AvgIpc) is 3.21. The van der Waals surface area contributed by atoms with Crippen LogP contribution in [0.4, 0.5) is 5.69 Å². The van der Waals surface area contributed by atoms with Crippen LogP contribution in [0.2, 0.25) is 5.02 Å². The molecule has 1 saturated carbocycles. The number of carbonyl (C=O) groups is 1. The Morgan fingerprint density at radius 1 is 1.10 bits per heavy atom. The first kappa shape index (κ1) is 34.8. The first-order valence-electron chi connectivity index (χ1n) is 17.6. The molecular weight excluding hydrogens is 666 g/mol. The van der Waals surface area contributed by atoms with E-state index in [1.807, 2.05) is 12.1 Å². The van der Waals surface area contributed by atoms with Crippen molar-refractivity contribution in [1.29, 1.82) is 0 Å². The number of nitrogens with one attached hydrogen (secondary N) is 1. The maximum Gasteiger partial charge on any atom is 0.265 e. The molecule has 49 heavy (non-hydrogen) atoms. The van der Waals surface area contributed by atoms with Crippen molar-refractivity contribution in [2.45, 2.75) is 68.0 Å². The van der Waals surface area contributed by atoms with Gasteiger partial charge in [-0.25, -0.2) is 13.1 Å². The molecule has 1 N–H and O–H groups in total. The number of amides is 1. The topological polar surface area (TPSA) is 107 Å². The fourth-order valence-electron chi connectivity index (χ4n) is 8.08. The fourth-order valence-corrected chi connectivity index (χ4v) is 9.39. The number of aryl methyl sites for hydroxylation is 1. The highest BCUT2D eigenvalue weighted by molar-refractivity contribution is 7.90. The van der Waals surface area contributed by atoms with Crippen LogP contribution in [0.1, 0.15) is 50.7 Å². The number of halogens is 1. The molecule has 266 valence electrons. The van der Waals surface area contributed by atoms with Crippen molar-refractivity contribution in [3.63, 3.8) is 0 Å². The summed E-state index contributed by atoms with van der Waals surface area (Å²) >= 11 is 6.45. The zero-order chi connectivity index (χ0) is 34.2. The van der Waals surface area contributed by atoms with Crippen LogP contribution in [0.25, 0.3) is 0 Å². The van der Waals surface area contributed by atoms with Crippen molar-refractivity contribution >= 4 is 33.2 Å². The van der Waals surface area contributed by atoms with Gasteiger partial charge in [0.1, 0.15) is 11.4 Å². The molecule has 4 atom stereocenters. The standard InChI is InChI=1S/C37H48ClN3O7S/c1-36(2)35(42)39-49(43,44)29-9-12-34-32(22-29)41(24-37(25-47-34)13-3-5-26-21-28(38)8-11-31(26)37)23-27-7-10-30(27)33(6-4-17-48-36)46-20-16-40-14-18-45-19-15-40/h4,6,8-9,11-12,21-22,27,30,33H,3,5,7,10,13-20,23-25H2,1-2H3,(H,39,42)/t27-,30+,33+,37-/m0/s1. The monoisotopic (exact) mass is 713 g/mol. The molecule has 2 aromatic rings. The molecule has 1 amide bonds. The number of rotatable bonds is 4. The number of carbonyl (C=O) groups excluding carboxylic acids is 1. The zero-order valence-corrected chi connectivity index (χ0v) is 30.1. The van der Waals surface area contributed by atoms with Gasteiger partial charge in [-0.2, -0.15) is 0 Å². The predicted molar refractivity (Wildman–Crippen MR) is 188 cm³/mol. The SMILES string of the molecule is CC1(C)OCC=C[C@@H](OCCN2CCOCC2)[C@@H]2CC[C@H]2CN2C[C@@]3(CCCc4cc(Cl)ccc43)COc3ccc(cc32)S(=O)(=O)NC1=O. The smallest absolute Gasteiger partial charge is 0.265 e. The van der Waals surface area contributed by atoms with Crippen LogP contribution in [-0.4, -0.2) is 96.7 Å². The largest absolute Gasteiger partial charge is 0.490 e. The number of sulfonamides is 1. The molecule has 3 aliphatic heterocycles. The summed E-state index contributed by atoms with van der Waals surface area (Å²) in [5, 5.41) is 0.731. The first-order chi connectivity index (χ1) is 23.5. The fraction of sp³-hybridized carbons (Fsp3) is 0.595. The first-order valence-corrected chi connectivity index (χ1v) is 19.5. The number of ether oxygens (including phenoxy) is 4. The Balaban J connectivity index is 1.24. The van der Waals surface area contributed by atoms with Gasteiger partial charge in [-0.3, -0.25) is 9.69 Å². The lowest BCUT2D eigenvalue weighted by molar-refractivity contribution is -0.139. The molecule has 7 rings (SSSR count). The number of anilines is 1. The van der Waals surface area contributed by atoms with Crippen molar-refractivity contribution in [3.05, 3.63) is 64.7 Å². The minimum absolute atomic E-state index is 0.0113. The van der Waals surface area contributed by atoms with Crippen molar-refractivity contribution in [2.75, 3.05) is 70.7 Å². The van der Waals surface area contributed by atoms with E-state index in [1.54, 1.807) is 26.0 Å². The Bertz CT molecular complexity index is 1680. The molecule has 5 aliphatic rings. The highest BCUT2D eigenvalue weighted by Gasteiger charge is 2.45. The molecule has 0 unspecified atom stereocenters. The molecule has 2 aromatic carbocycles. The van der Waals surface area contributed by atoms with Gasteiger partial charge in [-0.05, 0) is 99.2 Å². The Hall–Kier alpha value is -2.67. The van der Waals surface area contributed by atoms with Crippen LogP contribution >= 0.6 is 11.6 Å². The van der Waals surface area contributed by atoms with E-state index in [0.717, 1.165) is 82.2 Å². The van der Waals surface area contributed by atoms with Crippen LogP contribution in [0.5, 0.6) is 5.75 Å². The van der Waals surface area contributed by atoms with Gasteiger partial charge < -0.3 is 23.8 Å². The third kappa shape index (κ3) is 7.39. The Morgan fingerprint density at radius 2 is 1.94 bits per heavy atom. The normalized spacial score (nSPS) is 29.9. The van der Waals surface area contributed by atoms with Gasteiger partial charge in [0, 0.05) is 43.2 Å². The lowest BCUT2D eigenvalue weighted by atomic mass is 9.68. The molecule has 0 radical (unpaired) electrons. The Kier molecular flexibility index (Phi) is 10.0. The molecule has 10 nitrogen and oxygen atoms in total. The minimum atomic E-state index is -4.19. The van der Waals surface area contributed by atoms with Gasteiger partial charge in [0.2, 0.25) is 0 Å². The molecule has 0 aromatic heterocycles. The van der Waals surface area contributed by atoms with Crippen molar-refractivity contribution in [3.8, 4) is 5.75 Å². The molecule has 1 saturated heterocycles. The molecule has 2 bridgehead atoms. The van der Waals surface area contributed by atoms with Crippen LogP contribution in [0.3, 0.4) is 0 Å². The quantitative estimate of drug-likeness (QED) is 0.451. The summed E-state index contributed by atoms with van der Waals surface area (Å²) in [6.07, 6.45) is 8.88. The summed E-state index contributed by atoms with van der Waals surface area (Å²) in [6.45, 7) is 9.94. The van der Waals surface area contributed by atoms with Gasteiger partial charge in [0.05, 0.1) is 49.7 Å². The third-order valence-electron chi connectivity index (χ3n) is 11.1. The van der Waals surface area contributed by atoms with Crippen LogP contribution in [0, 0.1) is 11.8 Å². The van der Waals surface area contributed by atoms with E-state index in [9.17, 15) is 13.2 Å². The van der Waals surface area contributed by atoms with Gasteiger partial charge >= 0.3 is 0 Å². The molecule has 3 heterocycles. The number of morpholine rings is 1. The lowest BCUT2D eigenvalue weighted by Gasteiger charge is -2.46. The number of fused-ring (bicyclic) bond motifs is 4. The van der Waals surface area contributed by atoms with Crippen LogP contribution in [-0.2, 0) is 40.9 Å².